The molecule has 1 N–H and O–H groups in total. The van der Waals surface area contributed by atoms with Gasteiger partial charge in [-0.05, 0) is 45.0 Å². The zero-order chi connectivity index (χ0) is 14.9. The highest BCUT2D eigenvalue weighted by molar-refractivity contribution is 9.10. The van der Waals surface area contributed by atoms with Crippen LogP contribution in [0.3, 0.4) is 0 Å². The number of halogens is 2. The highest BCUT2D eigenvalue weighted by Gasteiger charge is 2.16. The Bertz CT molecular complexity index is 631. The van der Waals surface area contributed by atoms with Gasteiger partial charge in [0, 0.05) is 20.6 Å². The second-order valence-electron chi connectivity index (χ2n) is 4.72. The third kappa shape index (κ3) is 3.44. The van der Waals surface area contributed by atoms with Gasteiger partial charge in [-0.3, -0.25) is 4.79 Å². The lowest BCUT2D eigenvalue weighted by Gasteiger charge is -2.13. The molecule has 0 aliphatic heterocycles. The van der Waals surface area contributed by atoms with Crippen LogP contribution in [0.5, 0.6) is 0 Å². The quantitative estimate of drug-likeness (QED) is 0.858. The largest absolute Gasteiger partial charge is 0.466 e. The Labute approximate surface area is 131 Å². The van der Waals surface area contributed by atoms with Crippen molar-refractivity contribution in [2.45, 2.75) is 26.8 Å². The van der Waals surface area contributed by atoms with Gasteiger partial charge in [0.1, 0.15) is 11.5 Å². The maximum absolute atomic E-state index is 12.2. The maximum Gasteiger partial charge on any atom is 0.251 e. The van der Waals surface area contributed by atoms with Crippen LogP contribution in [0.25, 0.3) is 0 Å². The summed E-state index contributed by atoms with van der Waals surface area (Å²) in [4.78, 5) is 12.2. The highest BCUT2D eigenvalue weighted by Crippen LogP contribution is 2.23. The third-order valence-electron chi connectivity index (χ3n) is 3.02. The average Bonchev–Trinajstić information content (AvgIpc) is 2.67. The van der Waals surface area contributed by atoms with Crippen LogP contribution in [-0.4, -0.2) is 5.91 Å². The molecule has 1 aromatic carbocycles. The van der Waals surface area contributed by atoms with Gasteiger partial charge in [0.15, 0.2) is 0 Å². The summed E-state index contributed by atoms with van der Waals surface area (Å²) in [5.41, 5.74) is 1.51. The molecule has 1 amide bonds. The first-order chi connectivity index (χ1) is 9.36. The van der Waals surface area contributed by atoms with Crippen LogP contribution in [0, 0.1) is 13.8 Å². The lowest BCUT2D eigenvalue weighted by molar-refractivity contribution is 0.0939. The summed E-state index contributed by atoms with van der Waals surface area (Å²) in [5, 5.41) is 3.46. The first-order valence-electron chi connectivity index (χ1n) is 6.20. The zero-order valence-electron chi connectivity index (χ0n) is 11.5. The summed E-state index contributed by atoms with van der Waals surface area (Å²) >= 11 is 9.28. The minimum Gasteiger partial charge on any atom is -0.466 e. The molecule has 3 nitrogen and oxygen atoms in total. The standard InChI is InChI=1S/C15H15BrClNO2/c1-8-4-14(10(3)20-8)9(2)18-15(19)11-5-12(16)7-13(17)6-11/h4-7,9H,1-3H3,(H,18,19). The summed E-state index contributed by atoms with van der Waals surface area (Å²) in [6.07, 6.45) is 0. The molecule has 0 saturated carbocycles. The number of carbonyl (C=O) groups excluding carboxylic acids is 1. The molecule has 2 aromatic rings. The van der Waals surface area contributed by atoms with Crippen molar-refractivity contribution in [3.8, 4) is 0 Å². The van der Waals surface area contributed by atoms with Gasteiger partial charge in [-0.25, -0.2) is 0 Å². The van der Waals surface area contributed by atoms with Crippen LogP contribution in [-0.2, 0) is 0 Å². The van der Waals surface area contributed by atoms with E-state index < -0.39 is 0 Å². The van der Waals surface area contributed by atoms with Gasteiger partial charge < -0.3 is 9.73 Å². The number of rotatable bonds is 3. The van der Waals surface area contributed by atoms with Crippen LogP contribution in [0.15, 0.2) is 33.2 Å². The van der Waals surface area contributed by atoms with E-state index in [9.17, 15) is 4.79 Å². The topological polar surface area (TPSA) is 42.2 Å². The van der Waals surface area contributed by atoms with Crippen LogP contribution in [0.1, 0.15) is 40.4 Å². The number of carbonyl (C=O) groups is 1. The fourth-order valence-electron chi connectivity index (χ4n) is 2.12. The second kappa shape index (κ2) is 6.02. The molecule has 0 bridgehead atoms. The molecule has 1 unspecified atom stereocenters. The van der Waals surface area contributed by atoms with E-state index in [4.69, 9.17) is 16.0 Å². The fourth-order valence-corrected chi connectivity index (χ4v) is 2.98. The van der Waals surface area contributed by atoms with Gasteiger partial charge in [-0.2, -0.15) is 0 Å². The Morgan fingerprint density at radius 3 is 2.55 bits per heavy atom. The number of furan rings is 1. The van der Waals surface area contributed by atoms with E-state index >= 15 is 0 Å². The molecule has 0 aliphatic carbocycles. The summed E-state index contributed by atoms with van der Waals surface area (Å²) in [5.74, 6) is 1.49. The van der Waals surface area contributed by atoms with E-state index in [0.29, 0.717) is 10.6 Å². The Hall–Kier alpha value is -1.26. The number of nitrogens with one attached hydrogen (secondary N) is 1. The molecule has 5 heteroatoms. The van der Waals surface area contributed by atoms with Gasteiger partial charge in [0.05, 0.1) is 6.04 Å². The zero-order valence-corrected chi connectivity index (χ0v) is 13.8. The molecule has 2 rings (SSSR count). The Morgan fingerprint density at radius 1 is 1.30 bits per heavy atom. The summed E-state index contributed by atoms with van der Waals surface area (Å²) < 4.78 is 6.26. The molecule has 0 radical (unpaired) electrons. The molecule has 106 valence electrons. The average molecular weight is 357 g/mol. The number of hydrogen-bond donors (Lipinski definition) is 1. The fraction of sp³-hybridized carbons (Fsp3) is 0.267. The van der Waals surface area contributed by atoms with Gasteiger partial charge in [-0.15, -0.1) is 0 Å². The van der Waals surface area contributed by atoms with Crippen LogP contribution in [0.2, 0.25) is 5.02 Å². The normalized spacial score (nSPS) is 12.2. The number of hydrogen-bond acceptors (Lipinski definition) is 2. The molecule has 0 fully saturated rings. The summed E-state index contributed by atoms with van der Waals surface area (Å²) in [6.45, 7) is 5.70. The van der Waals surface area contributed by atoms with Crippen molar-refractivity contribution in [1.82, 2.24) is 5.32 Å². The molecule has 1 atom stereocenters. The van der Waals surface area contributed by atoms with E-state index in [1.165, 1.54) is 0 Å². The summed E-state index contributed by atoms with van der Waals surface area (Å²) in [7, 11) is 0. The van der Waals surface area contributed by atoms with E-state index in [0.717, 1.165) is 21.6 Å². The van der Waals surface area contributed by atoms with Crippen LogP contribution < -0.4 is 5.32 Å². The first kappa shape index (κ1) is 15.1. The van der Waals surface area contributed by atoms with Crippen molar-refractivity contribution in [3.05, 3.63) is 56.4 Å². The predicted octanol–water partition coefficient (Wildman–Crippen LogP) is 4.80. The van der Waals surface area contributed by atoms with E-state index in [1.54, 1.807) is 18.2 Å². The van der Waals surface area contributed by atoms with Crippen molar-refractivity contribution < 1.29 is 9.21 Å². The highest BCUT2D eigenvalue weighted by atomic mass is 79.9. The molecule has 0 spiro atoms. The molecular formula is C15H15BrClNO2. The maximum atomic E-state index is 12.2. The Kier molecular flexibility index (Phi) is 4.55. The smallest absolute Gasteiger partial charge is 0.251 e. The van der Waals surface area contributed by atoms with Crippen molar-refractivity contribution in [1.29, 1.82) is 0 Å². The van der Waals surface area contributed by atoms with Gasteiger partial charge in [0.25, 0.3) is 5.91 Å². The van der Waals surface area contributed by atoms with Crippen LogP contribution >= 0.6 is 27.5 Å². The predicted molar refractivity (Wildman–Crippen MR) is 83.2 cm³/mol. The first-order valence-corrected chi connectivity index (χ1v) is 7.38. The molecule has 1 heterocycles. The minimum atomic E-state index is -0.168. The monoisotopic (exact) mass is 355 g/mol. The van der Waals surface area contributed by atoms with Gasteiger partial charge in [-0.1, -0.05) is 27.5 Å². The Balaban J connectivity index is 2.17. The molecule has 20 heavy (non-hydrogen) atoms. The van der Waals surface area contributed by atoms with Crippen molar-refractivity contribution >= 4 is 33.4 Å². The number of amides is 1. The second-order valence-corrected chi connectivity index (χ2v) is 6.07. The van der Waals surface area contributed by atoms with Crippen LogP contribution in [0.4, 0.5) is 0 Å². The molecule has 0 saturated heterocycles. The molecule has 1 aromatic heterocycles. The third-order valence-corrected chi connectivity index (χ3v) is 3.69. The lowest BCUT2D eigenvalue weighted by atomic mass is 10.1. The number of aryl methyl sites for hydroxylation is 2. The molecular weight excluding hydrogens is 342 g/mol. The van der Waals surface area contributed by atoms with Crippen molar-refractivity contribution in [3.63, 3.8) is 0 Å². The lowest BCUT2D eigenvalue weighted by Crippen LogP contribution is -2.26. The SMILES string of the molecule is Cc1cc(C(C)NC(=O)c2cc(Cl)cc(Br)c2)c(C)o1. The minimum absolute atomic E-state index is 0.127. The van der Waals surface area contributed by atoms with Gasteiger partial charge >= 0.3 is 0 Å². The molecule has 0 aliphatic rings. The van der Waals surface area contributed by atoms with Crippen molar-refractivity contribution in [2.75, 3.05) is 0 Å². The Morgan fingerprint density at radius 2 is 2.00 bits per heavy atom. The van der Waals surface area contributed by atoms with Gasteiger partial charge in [0.2, 0.25) is 0 Å². The summed E-state index contributed by atoms with van der Waals surface area (Å²) in [6, 6.07) is 6.93. The van der Waals surface area contributed by atoms with E-state index in [2.05, 4.69) is 21.2 Å². The number of benzene rings is 1. The van der Waals surface area contributed by atoms with E-state index in [1.807, 2.05) is 26.8 Å². The van der Waals surface area contributed by atoms with Crippen molar-refractivity contribution in [2.24, 2.45) is 0 Å². The van der Waals surface area contributed by atoms with E-state index in [-0.39, 0.29) is 11.9 Å².